The van der Waals surface area contributed by atoms with Gasteiger partial charge in [-0.2, -0.15) is 5.10 Å². The molecule has 0 bridgehead atoms. The summed E-state index contributed by atoms with van der Waals surface area (Å²) in [5, 5.41) is 7.52. The molecule has 20 heavy (non-hydrogen) atoms. The predicted molar refractivity (Wildman–Crippen MR) is 78.1 cm³/mol. The van der Waals surface area contributed by atoms with Crippen molar-refractivity contribution in [2.24, 2.45) is 18.9 Å². The van der Waals surface area contributed by atoms with Crippen molar-refractivity contribution < 1.29 is 8.42 Å². The Balaban J connectivity index is 2.06. The summed E-state index contributed by atoms with van der Waals surface area (Å²) in [6.45, 7) is 5.03. The third kappa shape index (κ3) is 4.02. The highest BCUT2D eigenvalue weighted by molar-refractivity contribution is 7.91. The molecule has 114 valence electrons. The normalized spacial score (nSPS) is 23.3. The fourth-order valence-electron chi connectivity index (χ4n) is 2.73. The molecule has 1 aromatic rings. The van der Waals surface area contributed by atoms with E-state index in [0.717, 1.165) is 25.2 Å². The van der Waals surface area contributed by atoms with Gasteiger partial charge in [0.05, 0.1) is 11.5 Å². The van der Waals surface area contributed by atoms with Crippen LogP contribution in [0.25, 0.3) is 0 Å². The number of hydrogen-bond donors (Lipinski definition) is 1. The van der Waals surface area contributed by atoms with Crippen LogP contribution in [-0.2, 0) is 23.3 Å². The van der Waals surface area contributed by atoms with Crippen LogP contribution in [-0.4, -0.2) is 47.3 Å². The molecule has 6 nitrogen and oxygen atoms in total. The highest BCUT2D eigenvalue weighted by Gasteiger charge is 2.34. The van der Waals surface area contributed by atoms with Crippen LogP contribution in [0.2, 0.25) is 0 Å². The molecular formula is C13H24N4O2S. The molecule has 2 unspecified atom stereocenters. The Kier molecular flexibility index (Phi) is 4.80. The molecule has 2 atom stereocenters. The van der Waals surface area contributed by atoms with E-state index in [-0.39, 0.29) is 11.8 Å². The van der Waals surface area contributed by atoms with Gasteiger partial charge in [0, 0.05) is 19.5 Å². The van der Waals surface area contributed by atoms with Crippen LogP contribution in [0.15, 0.2) is 6.33 Å². The smallest absolute Gasteiger partial charge is 0.150 e. The van der Waals surface area contributed by atoms with Crippen LogP contribution < -0.4 is 5.32 Å². The lowest BCUT2D eigenvalue weighted by Gasteiger charge is -2.23. The van der Waals surface area contributed by atoms with E-state index in [9.17, 15) is 8.42 Å². The average molecular weight is 300 g/mol. The summed E-state index contributed by atoms with van der Waals surface area (Å²) in [5.74, 6) is 2.08. The molecule has 7 heteroatoms. The Morgan fingerprint density at radius 2 is 2.25 bits per heavy atom. The van der Waals surface area contributed by atoms with E-state index in [1.165, 1.54) is 0 Å². The molecule has 1 aliphatic rings. The molecule has 1 aromatic heterocycles. The summed E-state index contributed by atoms with van der Waals surface area (Å²) < 4.78 is 25.2. The summed E-state index contributed by atoms with van der Waals surface area (Å²) in [6.07, 6.45) is 3.09. The van der Waals surface area contributed by atoms with Crippen LogP contribution in [0.3, 0.4) is 0 Å². The minimum atomic E-state index is -2.84. The van der Waals surface area contributed by atoms with Crippen molar-refractivity contribution >= 4 is 9.84 Å². The Morgan fingerprint density at radius 1 is 1.50 bits per heavy atom. The van der Waals surface area contributed by atoms with E-state index in [1.54, 1.807) is 11.0 Å². The molecule has 2 rings (SSSR count). The first kappa shape index (κ1) is 15.4. The largest absolute Gasteiger partial charge is 0.314 e. The molecule has 1 fully saturated rings. The molecule has 2 heterocycles. The third-order valence-electron chi connectivity index (χ3n) is 3.97. The van der Waals surface area contributed by atoms with Gasteiger partial charge in [-0.15, -0.1) is 0 Å². The molecule has 0 aromatic carbocycles. The molecule has 0 amide bonds. The molecule has 1 saturated heterocycles. The lowest BCUT2D eigenvalue weighted by Crippen LogP contribution is -2.34. The van der Waals surface area contributed by atoms with Crippen LogP contribution in [0.1, 0.15) is 26.1 Å². The summed E-state index contributed by atoms with van der Waals surface area (Å²) in [6, 6.07) is 0.398. The first-order valence-electron chi connectivity index (χ1n) is 7.14. The average Bonchev–Trinajstić information content (AvgIpc) is 2.90. The minimum absolute atomic E-state index is 0.225. The zero-order chi connectivity index (χ0) is 14.8. The van der Waals surface area contributed by atoms with Gasteiger partial charge in [0.2, 0.25) is 0 Å². The standard InChI is InChI=1S/C13H24N4O2S/c1-10(2)14-7-12(6-13-15-9-16-17(13)3)11-4-5-20(18,19)8-11/h9-12,14H,4-8H2,1-3H3. The van der Waals surface area contributed by atoms with Crippen LogP contribution in [0.5, 0.6) is 0 Å². The van der Waals surface area contributed by atoms with Gasteiger partial charge in [0.15, 0.2) is 9.84 Å². The van der Waals surface area contributed by atoms with Gasteiger partial charge in [0.1, 0.15) is 12.2 Å². The van der Waals surface area contributed by atoms with Crippen molar-refractivity contribution in [3.05, 3.63) is 12.2 Å². The first-order valence-corrected chi connectivity index (χ1v) is 8.96. The second-order valence-corrected chi connectivity index (χ2v) is 8.22. The van der Waals surface area contributed by atoms with E-state index in [1.807, 2.05) is 7.05 Å². The highest BCUT2D eigenvalue weighted by Crippen LogP contribution is 2.28. The van der Waals surface area contributed by atoms with Crippen molar-refractivity contribution in [2.45, 2.75) is 32.7 Å². The molecule has 0 radical (unpaired) electrons. The zero-order valence-corrected chi connectivity index (χ0v) is 13.2. The number of sulfone groups is 1. The van der Waals surface area contributed by atoms with E-state index >= 15 is 0 Å². The molecule has 0 saturated carbocycles. The second-order valence-electron chi connectivity index (χ2n) is 5.99. The predicted octanol–water partition coefficient (Wildman–Crippen LogP) is 0.407. The number of aromatic nitrogens is 3. The number of hydrogen-bond acceptors (Lipinski definition) is 5. The summed E-state index contributed by atoms with van der Waals surface area (Å²) in [5.41, 5.74) is 0. The van der Waals surface area contributed by atoms with Gasteiger partial charge in [-0.05, 0) is 24.8 Å². The van der Waals surface area contributed by atoms with Gasteiger partial charge in [-0.3, -0.25) is 4.68 Å². The lowest BCUT2D eigenvalue weighted by atomic mass is 9.88. The number of rotatable bonds is 6. The maximum atomic E-state index is 11.7. The second kappa shape index (κ2) is 6.22. The zero-order valence-electron chi connectivity index (χ0n) is 12.4. The van der Waals surface area contributed by atoms with Crippen molar-refractivity contribution in [3.8, 4) is 0 Å². The van der Waals surface area contributed by atoms with Crippen molar-refractivity contribution in [3.63, 3.8) is 0 Å². The van der Waals surface area contributed by atoms with Gasteiger partial charge < -0.3 is 5.32 Å². The van der Waals surface area contributed by atoms with E-state index in [2.05, 4.69) is 29.2 Å². The first-order chi connectivity index (χ1) is 9.37. The van der Waals surface area contributed by atoms with Crippen LogP contribution in [0.4, 0.5) is 0 Å². The molecule has 1 N–H and O–H groups in total. The van der Waals surface area contributed by atoms with Crippen LogP contribution in [0, 0.1) is 11.8 Å². The highest BCUT2D eigenvalue weighted by atomic mass is 32.2. The quantitative estimate of drug-likeness (QED) is 0.823. The topological polar surface area (TPSA) is 76.9 Å². The van der Waals surface area contributed by atoms with E-state index < -0.39 is 9.84 Å². The summed E-state index contributed by atoms with van der Waals surface area (Å²) in [7, 11) is -0.963. The fourth-order valence-corrected chi connectivity index (χ4v) is 4.65. The van der Waals surface area contributed by atoms with Gasteiger partial charge in [-0.25, -0.2) is 13.4 Å². The summed E-state index contributed by atoms with van der Waals surface area (Å²) >= 11 is 0. The van der Waals surface area contributed by atoms with E-state index in [4.69, 9.17) is 0 Å². The van der Waals surface area contributed by atoms with Crippen molar-refractivity contribution in [1.29, 1.82) is 0 Å². The fraction of sp³-hybridized carbons (Fsp3) is 0.846. The Morgan fingerprint density at radius 3 is 2.75 bits per heavy atom. The number of nitrogens with one attached hydrogen (secondary N) is 1. The lowest BCUT2D eigenvalue weighted by molar-refractivity contribution is 0.325. The van der Waals surface area contributed by atoms with Gasteiger partial charge in [0.25, 0.3) is 0 Å². The van der Waals surface area contributed by atoms with Crippen LogP contribution >= 0.6 is 0 Å². The Bertz CT molecular complexity index is 538. The van der Waals surface area contributed by atoms with Gasteiger partial charge in [-0.1, -0.05) is 13.8 Å². The monoisotopic (exact) mass is 300 g/mol. The molecule has 1 aliphatic heterocycles. The molecule has 0 spiro atoms. The number of nitrogens with zero attached hydrogens (tertiary/aromatic N) is 3. The Hall–Kier alpha value is -0.950. The molecule has 0 aliphatic carbocycles. The SMILES string of the molecule is CC(C)NCC(Cc1ncnn1C)C1CCS(=O)(=O)C1. The Labute approximate surface area is 120 Å². The molecular weight excluding hydrogens is 276 g/mol. The van der Waals surface area contributed by atoms with E-state index in [0.29, 0.717) is 17.5 Å². The van der Waals surface area contributed by atoms with Crippen molar-refractivity contribution in [1.82, 2.24) is 20.1 Å². The maximum Gasteiger partial charge on any atom is 0.150 e. The summed E-state index contributed by atoms with van der Waals surface area (Å²) in [4.78, 5) is 4.27. The van der Waals surface area contributed by atoms with Gasteiger partial charge >= 0.3 is 0 Å². The number of aryl methyl sites for hydroxylation is 1. The minimum Gasteiger partial charge on any atom is -0.314 e. The van der Waals surface area contributed by atoms with Crippen molar-refractivity contribution in [2.75, 3.05) is 18.1 Å². The maximum absolute atomic E-state index is 11.7. The third-order valence-corrected chi connectivity index (χ3v) is 5.77.